The van der Waals surface area contributed by atoms with Gasteiger partial charge in [0, 0.05) is 46.2 Å². The van der Waals surface area contributed by atoms with Crippen LogP contribution in [0, 0.1) is 15.2 Å². The van der Waals surface area contributed by atoms with Gasteiger partial charge in [0.25, 0.3) is 0 Å². The topological polar surface area (TPSA) is 129 Å². The Kier molecular flexibility index (Phi) is 10.2. The zero-order valence-electron chi connectivity index (χ0n) is 19.6. The van der Waals surface area contributed by atoms with Crippen LogP contribution in [0.3, 0.4) is 0 Å². The minimum atomic E-state index is -3.56. The zero-order chi connectivity index (χ0) is 27.2. The normalized spacial score (nSPS) is 13.1. The molecule has 0 aliphatic carbocycles. The summed E-state index contributed by atoms with van der Waals surface area (Å²) in [5.41, 5.74) is 0.537. The van der Waals surface area contributed by atoms with Crippen molar-refractivity contribution in [2.45, 2.75) is 13.0 Å². The van der Waals surface area contributed by atoms with Crippen molar-refractivity contribution in [1.29, 1.82) is 0 Å². The molecule has 0 aromatic heterocycles. The van der Waals surface area contributed by atoms with Crippen molar-refractivity contribution in [3.05, 3.63) is 75.4 Å². The Morgan fingerprint density at radius 3 is 2.51 bits per heavy atom. The fraction of sp³-hybridized carbons (Fsp3) is 0.217. The lowest BCUT2D eigenvalue weighted by Crippen LogP contribution is -2.25. The van der Waals surface area contributed by atoms with Gasteiger partial charge >= 0.3 is 0 Å². The van der Waals surface area contributed by atoms with Gasteiger partial charge in [-0.3, -0.25) is 8.93 Å². The molecule has 3 N–H and O–H groups in total. The summed E-state index contributed by atoms with van der Waals surface area (Å²) < 4.78 is 92.1. The highest BCUT2D eigenvalue weighted by Gasteiger charge is 2.23. The number of benzene rings is 3. The van der Waals surface area contributed by atoms with Crippen molar-refractivity contribution in [3.63, 3.8) is 0 Å². The molecule has 0 aliphatic rings. The van der Waals surface area contributed by atoms with Crippen molar-refractivity contribution in [3.8, 4) is 11.5 Å². The van der Waals surface area contributed by atoms with Crippen molar-refractivity contribution < 1.29 is 35.4 Å². The number of nitrogens with one attached hydrogen (secondary N) is 3. The third-order valence-corrected chi connectivity index (χ3v) is 7.40. The van der Waals surface area contributed by atoms with Gasteiger partial charge < -0.3 is 19.3 Å². The molecule has 2 unspecified atom stereocenters. The van der Waals surface area contributed by atoms with Gasteiger partial charge in [0.1, 0.15) is 29.2 Å². The standard InChI is InChI=1S/C23H24F2IN3O6S2/c1-3-37(32,33)29-16-5-4-6-17(12-16)35-21-10-14(24)9-20(23(21)22(34-2)13-27-36(30)31)28-19-8-7-15(26)11-18(19)25/h4-12,22,27-29H,3,13H2,1-2H3,(H,30,31)/p-1. The number of anilines is 3. The van der Waals surface area contributed by atoms with E-state index in [1.165, 1.54) is 50.4 Å². The van der Waals surface area contributed by atoms with Gasteiger partial charge in [0.2, 0.25) is 10.0 Å². The van der Waals surface area contributed by atoms with Crippen LogP contribution >= 0.6 is 22.6 Å². The Labute approximate surface area is 229 Å². The van der Waals surface area contributed by atoms with Crippen molar-refractivity contribution in [2.24, 2.45) is 0 Å². The number of hydrogen-bond donors (Lipinski definition) is 3. The van der Waals surface area contributed by atoms with E-state index < -0.39 is 39.0 Å². The average Bonchev–Trinajstić information content (AvgIpc) is 2.82. The van der Waals surface area contributed by atoms with Crippen molar-refractivity contribution in [1.82, 2.24) is 4.72 Å². The zero-order valence-corrected chi connectivity index (χ0v) is 23.4. The van der Waals surface area contributed by atoms with Gasteiger partial charge in [-0.15, -0.1) is 0 Å². The minimum absolute atomic E-state index is 0.0457. The summed E-state index contributed by atoms with van der Waals surface area (Å²) in [5, 5.41) is 2.84. The molecule has 3 rings (SSSR count). The predicted molar refractivity (Wildman–Crippen MR) is 145 cm³/mol. The minimum Gasteiger partial charge on any atom is -0.760 e. The first-order valence-electron chi connectivity index (χ1n) is 10.7. The van der Waals surface area contributed by atoms with Gasteiger partial charge in [-0.2, -0.15) is 0 Å². The quantitative estimate of drug-likeness (QED) is 0.185. The first-order valence-corrected chi connectivity index (χ1v) is 14.5. The van der Waals surface area contributed by atoms with E-state index >= 15 is 0 Å². The molecule has 37 heavy (non-hydrogen) atoms. The molecule has 2 atom stereocenters. The van der Waals surface area contributed by atoms with E-state index in [2.05, 4.69) is 14.8 Å². The van der Waals surface area contributed by atoms with E-state index in [1.54, 1.807) is 6.07 Å². The summed E-state index contributed by atoms with van der Waals surface area (Å²) in [6.07, 6.45) is -0.982. The van der Waals surface area contributed by atoms with Gasteiger partial charge in [-0.1, -0.05) is 6.07 Å². The van der Waals surface area contributed by atoms with Crippen LogP contribution in [0.15, 0.2) is 54.6 Å². The van der Waals surface area contributed by atoms with Gasteiger partial charge in [0.15, 0.2) is 0 Å². The molecule has 9 nitrogen and oxygen atoms in total. The SMILES string of the molecule is CCS(=O)(=O)Nc1cccc(Oc2cc(F)cc(Nc3ccc(I)cc3F)c2C(CNS(=O)[O-])OC)c1. The lowest BCUT2D eigenvalue weighted by molar-refractivity contribution is 0.105. The van der Waals surface area contributed by atoms with E-state index in [-0.39, 0.29) is 46.4 Å². The predicted octanol–water partition coefficient (Wildman–Crippen LogP) is 4.94. The molecule has 0 aliphatic heterocycles. The summed E-state index contributed by atoms with van der Waals surface area (Å²) in [7, 11) is -2.23. The monoisotopic (exact) mass is 666 g/mol. The van der Waals surface area contributed by atoms with E-state index in [1.807, 2.05) is 22.6 Å². The molecular formula is C23H23F2IN3O6S2-. The summed E-state index contributed by atoms with van der Waals surface area (Å²) in [5.74, 6) is -1.36. The van der Waals surface area contributed by atoms with Crippen LogP contribution in [-0.4, -0.2) is 36.6 Å². The third kappa shape index (κ3) is 8.31. The molecule has 0 bridgehead atoms. The highest BCUT2D eigenvalue weighted by Crippen LogP contribution is 2.40. The maximum atomic E-state index is 14.7. The van der Waals surface area contributed by atoms with Crippen LogP contribution in [0.2, 0.25) is 0 Å². The van der Waals surface area contributed by atoms with E-state index in [0.29, 0.717) is 3.57 Å². The fourth-order valence-corrected chi connectivity index (χ4v) is 4.67. The number of sulfonamides is 1. The van der Waals surface area contributed by atoms with E-state index in [9.17, 15) is 26.0 Å². The molecular weight excluding hydrogens is 643 g/mol. The molecule has 3 aromatic carbocycles. The molecule has 0 radical (unpaired) electrons. The van der Waals surface area contributed by atoms with Crippen LogP contribution < -0.4 is 19.5 Å². The number of methoxy groups -OCH3 is 1. The van der Waals surface area contributed by atoms with Gasteiger partial charge in [0.05, 0.1) is 22.8 Å². The Hall–Kier alpha value is -2.37. The average molecular weight is 666 g/mol. The molecule has 3 aromatic rings. The van der Waals surface area contributed by atoms with Crippen LogP contribution in [0.5, 0.6) is 11.5 Å². The first kappa shape index (κ1) is 29.2. The Morgan fingerprint density at radius 2 is 1.86 bits per heavy atom. The van der Waals surface area contributed by atoms with Crippen molar-refractivity contribution in [2.75, 3.05) is 29.4 Å². The third-order valence-electron chi connectivity index (χ3n) is 5.02. The second-order valence-electron chi connectivity index (χ2n) is 7.56. The lowest BCUT2D eigenvalue weighted by atomic mass is 10.0. The highest BCUT2D eigenvalue weighted by molar-refractivity contribution is 14.1. The van der Waals surface area contributed by atoms with Crippen LogP contribution in [0.1, 0.15) is 18.6 Å². The number of hydrogen-bond acceptors (Lipinski definition) is 7. The maximum absolute atomic E-state index is 14.7. The number of halogens is 3. The summed E-state index contributed by atoms with van der Waals surface area (Å²) in [4.78, 5) is 0. The van der Waals surface area contributed by atoms with E-state index in [0.717, 1.165) is 12.1 Å². The molecule has 0 saturated carbocycles. The van der Waals surface area contributed by atoms with Gasteiger partial charge in [-0.05, 0) is 65.9 Å². The Balaban J connectivity index is 2.08. The lowest BCUT2D eigenvalue weighted by Gasteiger charge is -2.24. The van der Waals surface area contributed by atoms with E-state index in [4.69, 9.17) is 9.47 Å². The summed E-state index contributed by atoms with van der Waals surface area (Å²) in [6, 6.07) is 12.6. The van der Waals surface area contributed by atoms with Crippen molar-refractivity contribution >= 4 is 60.9 Å². The van der Waals surface area contributed by atoms with Crippen LogP contribution in [-0.2, 0) is 26.0 Å². The molecule has 0 heterocycles. The summed E-state index contributed by atoms with van der Waals surface area (Å²) in [6.45, 7) is 1.25. The van der Waals surface area contributed by atoms with Crippen LogP contribution in [0.4, 0.5) is 25.8 Å². The number of rotatable bonds is 12. The van der Waals surface area contributed by atoms with Crippen LogP contribution in [0.25, 0.3) is 0 Å². The molecule has 0 saturated heterocycles. The second kappa shape index (κ2) is 12.9. The molecule has 200 valence electrons. The maximum Gasteiger partial charge on any atom is 0.232 e. The molecule has 0 fully saturated rings. The molecule has 0 spiro atoms. The Bertz CT molecular complexity index is 1390. The second-order valence-corrected chi connectivity index (χ2v) is 11.6. The first-order chi connectivity index (χ1) is 17.5. The number of ether oxygens (including phenoxy) is 2. The largest absolute Gasteiger partial charge is 0.760 e. The molecule has 0 amide bonds. The fourth-order valence-electron chi connectivity index (χ4n) is 3.30. The summed E-state index contributed by atoms with van der Waals surface area (Å²) >= 11 is -0.664. The van der Waals surface area contributed by atoms with Gasteiger partial charge in [-0.25, -0.2) is 21.9 Å². The Morgan fingerprint density at radius 1 is 1.11 bits per heavy atom. The smallest absolute Gasteiger partial charge is 0.232 e. The molecule has 14 heteroatoms. The highest BCUT2D eigenvalue weighted by atomic mass is 127.